The second-order valence-electron chi connectivity index (χ2n) is 6.72. The second kappa shape index (κ2) is 5.02. The number of nitrogens with zero attached hydrogens (tertiary/aromatic N) is 1. The number of carbonyl (C=O) groups is 2. The van der Waals surface area contributed by atoms with Crippen LogP contribution in [0.25, 0.3) is 0 Å². The minimum absolute atomic E-state index is 0.0982. The topological polar surface area (TPSA) is 69.6 Å². The Hall–Kier alpha value is -1.26. The molecule has 2 amide bonds. The summed E-state index contributed by atoms with van der Waals surface area (Å²) in [5, 5.41) is 12.1. The normalized spacial score (nSPS) is 33.4. The monoisotopic (exact) mass is 268 g/mol. The quantitative estimate of drug-likeness (QED) is 0.805. The van der Waals surface area contributed by atoms with E-state index in [2.05, 4.69) is 19.2 Å². The molecule has 3 unspecified atom stereocenters. The Labute approximate surface area is 114 Å². The van der Waals surface area contributed by atoms with Crippen LogP contribution < -0.4 is 5.32 Å². The van der Waals surface area contributed by atoms with E-state index in [1.165, 1.54) is 0 Å². The molecule has 5 nitrogen and oxygen atoms in total. The minimum Gasteiger partial charge on any atom is -0.481 e. The fraction of sp³-hybridized carbons (Fsp3) is 0.857. The summed E-state index contributed by atoms with van der Waals surface area (Å²) < 4.78 is 0. The van der Waals surface area contributed by atoms with Gasteiger partial charge in [-0.15, -0.1) is 0 Å². The van der Waals surface area contributed by atoms with Crippen LogP contribution in [0.5, 0.6) is 0 Å². The van der Waals surface area contributed by atoms with Gasteiger partial charge in [-0.2, -0.15) is 0 Å². The van der Waals surface area contributed by atoms with Gasteiger partial charge in [0.25, 0.3) is 0 Å². The van der Waals surface area contributed by atoms with E-state index in [1.54, 1.807) is 4.90 Å². The van der Waals surface area contributed by atoms with Gasteiger partial charge < -0.3 is 15.3 Å². The zero-order chi connectivity index (χ0) is 14.2. The Morgan fingerprint density at radius 1 is 1.32 bits per heavy atom. The van der Waals surface area contributed by atoms with Crippen LogP contribution in [0.4, 0.5) is 4.79 Å². The first-order chi connectivity index (χ1) is 8.80. The maximum Gasteiger partial charge on any atom is 0.317 e. The van der Waals surface area contributed by atoms with Crippen molar-refractivity contribution < 1.29 is 14.7 Å². The molecule has 1 aliphatic heterocycles. The molecule has 5 heteroatoms. The molecule has 0 aromatic heterocycles. The van der Waals surface area contributed by atoms with Gasteiger partial charge in [0.2, 0.25) is 0 Å². The van der Waals surface area contributed by atoms with Crippen LogP contribution in [-0.2, 0) is 4.79 Å². The van der Waals surface area contributed by atoms with E-state index in [0.29, 0.717) is 18.4 Å². The summed E-state index contributed by atoms with van der Waals surface area (Å²) >= 11 is 0. The van der Waals surface area contributed by atoms with E-state index in [-0.39, 0.29) is 18.1 Å². The van der Waals surface area contributed by atoms with Gasteiger partial charge in [-0.1, -0.05) is 13.8 Å². The van der Waals surface area contributed by atoms with Crippen LogP contribution >= 0.6 is 0 Å². The van der Waals surface area contributed by atoms with E-state index < -0.39 is 11.9 Å². The highest BCUT2D eigenvalue weighted by atomic mass is 16.4. The lowest BCUT2D eigenvalue weighted by Gasteiger charge is -2.26. The number of hydrogen-bond donors (Lipinski definition) is 2. The molecule has 19 heavy (non-hydrogen) atoms. The van der Waals surface area contributed by atoms with Gasteiger partial charge in [-0.3, -0.25) is 4.79 Å². The average molecular weight is 268 g/mol. The molecule has 3 atom stereocenters. The SMILES string of the molecule is CC1C(C(=O)O)CCN1C(=O)NC1CCC(C)(C)C1. The molecule has 0 bridgehead atoms. The predicted molar refractivity (Wildman–Crippen MR) is 71.9 cm³/mol. The van der Waals surface area contributed by atoms with Gasteiger partial charge in [0.15, 0.2) is 0 Å². The molecule has 0 aromatic rings. The van der Waals surface area contributed by atoms with Crippen LogP contribution in [0.3, 0.4) is 0 Å². The summed E-state index contributed by atoms with van der Waals surface area (Å²) in [4.78, 5) is 24.9. The third-order valence-corrected chi connectivity index (χ3v) is 4.63. The molecule has 1 aliphatic carbocycles. The van der Waals surface area contributed by atoms with E-state index >= 15 is 0 Å². The third kappa shape index (κ3) is 3.01. The van der Waals surface area contributed by atoms with Crippen molar-refractivity contribution in [2.24, 2.45) is 11.3 Å². The number of nitrogens with one attached hydrogen (secondary N) is 1. The Balaban J connectivity index is 1.89. The first-order valence-electron chi connectivity index (χ1n) is 7.10. The smallest absolute Gasteiger partial charge is 0.317 e. The molecular formula is C14H24N2O3. The second-order valence-corrected chi connectivity index (χ2v) is 6.72. The molecule has 2 N–H and O–H groups in total. The fourth-order valence-electron chi connectivity index (χ4n) is 3.37. The van der Waals surface area contributed by atoms with E-state index in [0.717, 1.165) is 19.3 Å². The molecule has 1 saturated carbocycles. The average Bonchev–Trinajstić information content (AvgIpc) is 2.81. The van der Waals surface area contributed by atoms with Gasteiger partial charge >= 0.3 is 12.0 Å². The predicted octanol–water partition coefficient (Wildman–Crippen LogP) is 2.07. The maximum absolute atomic E-state index is 12.2. The van der Waals surface area contributed by atoms with Crippen LogP contribution in [0.1, 0.15) is 46.5 Å². The number of urea groups is 1. The van der Waals surface area contributed by atoms with Crippen molar-refractivity contribution in [1.29, 1.82) is 0 Å². The summed E-state index contributed by atoms with van der Waals surface area (Å²) in [5.74, 6) is -1.23. The Kier molecular flexibility index (Phi) is 3.74. The van der Waals surface area contributed by atoms with Crippen molar-refractivity contribution >= 4 is 12.0 Å². The van der Waals surface area contributed by atoms with E-state index in [9.17, 15) is 9.59 Å². The summed E-state index contributed by atoms with van der Waals surface area (Å²) in [6.45, 7) is 6.81. The van der Waals surface area contributed by atoms with Crippen molar-refractivity contribution in [2.75, 3.05) is 6.54 Å². The Bertz CT molecular complexity index is 381. The number of hydrogen-bond acceptors (Lipinski definition) is 2. The van der Waals surface area contributed by atoms with Gasteiger partial charge in [0.1, 0.15) is 0 Å². The van der Waals surface area contributed by atoms with E-state index in [1.807, 2.05) is 6.92 Å². The number of carboxylic acid groups (broad SMARTS) is 1. The lowest BCUT2D eigenvalue weighted by atomic mass is 9.92. The highest BCUT2D eigenvalue weighted by Crippen LogP contribution is 2.37. The molecule has 0 radical (unpaired) electrons. The first kappa shape index (κ1) is 14.2. The maximum atomic E-state index is 12.2. The molecule has 108 valence electrons. The van der Waals surface area contributed by atoms with Crippen LogP contribution in [0.15, 0.2) is 0 Å². The standard InChI is InChI=1S/C14H24N2O3/c1-9-11(12(17)18)5-7-16(9)13(19)15-10-4-6-14(2,3)8-10/h9-11H,4-8H2,1-3H3,(H,15,19)(H,17,18). The van der Waals surface area contributed by atoms with Crippen LogP contribution in [0, 0.1) is 11.3 Å². The zero-order valence-corrected chi connectivity index (χ0v) is 12.0. The lowest BCUT2D eigenvalue weighted by Crippen LogP contribution is -2.47. The molecule has 1 saturated heterocycles. The molecule has 0 spiro atoms. The first-order valence-corrected chi connectivity index (χ1v) is 7.10. The fourth-order valence-corrected chi connectivity index (χ4v) is 3.37. The summed E-state index contributed by atoms with van der Waals surface area (Å²) in [7, 11) is 0. The van der Waals surface area contributed by atoms with Crippen molar-refractivity contribution in [3.05, 3.63) is 0 Å². The number of rotatable bonds is 2. The van der Waals surface area contributed by atoms with Gasteiger partial charge in [0.05, 0.1) is 5.92 Å². The Morgan fingerprint density at radius 3 is 2.47 bits per heavy atom. The van der Waals surface area contributed by atoms with Crippen molar-refractivity contribution in [2.45, 2.75) is 58.5 Å². The molecule has 2 rings (SSSR count). The lowest BCUT2D eigenvalue weighted by molar-refractivity contribution is -0.142. The summed E-state index contributed by atoms with van der Waals surface area (Å²) in [6.07, 6.45) is 3.71. The molecule has 2 aliphatic rings. The van der Waals surface area contributed by atoms with Crippen LogP contribution in [0.2, 0.25) is 0 Å². The zero-order valence-electron chi connectivity index (χ0n) is 12.0. The van der Waals surface area contributed by atoms with Crippen molar-refractivity contribution in [3.63, 3.8) is 0 Å². The van der Waals surface area contributed by atoms with Gasteiger partial charge in [0, 0.05) is 18.6 Å². The number of amides is 2. The van der Waals surface area contributed by atoms with Crippen molar-refractivity contribution in [3.8, 4) is 0 Å². The van der Waals surface area contributed by atoms with Crippen LogP contribution in [-0.4, -0.2) is 40.6 Å². The number of carboxylic acids is 1. The highest BCUT2D eigenvalue weighted by molar-refractivity contribution is 5.78. The number of likely N-dealkylation sites (tertiary alicyclic amines) is 1. The summed E-state index contributed by atoms with van der Waals surface area (Å²) in [5.41, 5.74) is 0.304. The molecule has 0 aromatic carbocycles. The number of aliphatic carboxylic acids is 1. The van der Waals surface area contributed by atoms with Gasteiger partial charge in [-0.05, 0) is 38.0 Å². The molecule has 2 fully saturated rings. The summed E-state index contributed by atoms with van der Waals surface area (Å²) in [6, 6.07) is -0.0792. The third-order valence-electron chi connectivity index (χ3n) is 4.63. The molecule has 1 heterocycles. The largest absolute Gasteiger partial charge is 0.481 e. The van der Waals surface area contributed by atoms with Crippen molar-refractivity contribution in [1.82, 2.24) is 10.2 Å². The Morgan fingerprint density at radius 2 is 2.00 bits per heavy atom. The number of carbonyl (C=O) groups excluding carboxylic acids is 1. The molecular weight excluding hydrogens is 244 g/mol. The van der Waals surface area contributed by atoms with E-state index in [4.69, 9.17) is 5.11 Å². The minimum atomic E-state index is -0.801. The highest BCUT2D eigenvalue weighted by Gasteiger charge is 2.39. The van der Waals surface area contributed by atoms with Gasteiger partial charge in [-0.25, -0.2) is 4.79 Å².